The lowest BCUT2D eigenvalue weighted by atomic mass is 9.99. The van der Waals surface area contributed by atoms with E-state index in [1.165, 1.54) is 0 Å². The fraction of sp³-hybridized carbons (Fsp3) is 0.217. The molecule has 1 saturated heterocycles. The number of nitrogens with zero attached hydrogens (tertiary/aromatic N) is 2. The molecule has 2 aromatic carbocycles. The topological polar surface area (TPSA) is 107 Å². The highest BCUT2D eigenvalue weighted by atomic mass is 32.2. The Hall–Kier alpha value is -2.73. The second-order valence-electron chi connectivity index (χ2n) is 6.95. The summed E-state index contributed by atoms with van der Waals surface area (Å²) in [5, 5.41) is 40.4. The largest absolute Gasteiger partial charge is 0.388 e. The number of pyridine rings is 1. The molecule has 30 heavy (non-hydrogen) atoms. The number of hydrogen-bond acceptors (Lipinski definition) is 7. The lowest BCUT2D eigenvalue weighted by Gasteiger charge is -2.34. The van der Waals surface area contributed by atoms with Crippen LogP contribution in [0.5, 0.6) is 0 Å². The molecule has 3 N–H and O–H groups in total. The van der Waals surface area contributed by atoms with Crippen molar-refractivity contribution in [2.45, 2.75) is 28.8 Å². The monoisotopic (exact) mass is 420 g/mol. The molecule has 7 heteroatoms. The molecular weight excluding hydrogens is 400 g/mol. The number of ether oxygens (including phenoxy) is 1. The van der Waals surface area contributed by atoms with Gasteiger partial charge in [0, 0.05) is 11.1 Å². The summed E-state index contributed by atoms with van der Waals surface area (Å²) in [5.41, 5.74) is 2.67. The minimum Gasteiger partial charge on any atom is -0.388 e. The van der Waals surface area contributed by atoms with Gasteiger partial charge in [-0.25, -0.2) is 4.98 Å². The van der Waals surface area contributed by atoms with Crippen LogP contribution in [-0.2, 0) is 4.74 Å². The Morgan fingerprint density at radius 1 is 0.933 bits per heavy atom. The third-order valence-electron chi connectivity index (χ3n) is 4.93. The number of nitriles is 1. The smallest absolute Gasteiger partial charge is 0.137 e. The van der Waals surface area contributed by atoms with E-state index in [9.17, 15) is 20.6 Å². The second-order valence-corrected chi connectivity index (χ2v) is 8.03. The van der Waals surface area contributed by atoms with Gasteiger partial charge < -0.3 is 20.1 Å². The van der Waals surface area contributed by atoms with E-state index in [1.807, 2.05) is 66.7 Å². The van der Waals surface area contributed by atoms with Gasteiger partial charge in [-0.3, -0.25) is 0 Å². The molecular formula is C23H20N2O4S. The molecule has 0 spiro atoms. The maximum Gasteiger partial charge on any atom is 0.137 e. The lowest BCUT2D eigenvalue weighted by molar-refractivity contribution is -0.161. The highest BCUT2D eigenvalue weighted by Gasteiger charge is 2.38. The number of rotatable bonds is 4. The molecule has 0 saturated carbocycles. The van der Waals surface area contributed by atoms with E-state index < -0.39 is 23.7 Å². The predicted molar refractivity (Wildman–Crippen MR) is 113 cm³/mol. The van der Waals surface area contributed by atoms with Crippen LogP contribution in [0.3, 0.4) is 0 Å². The van der Waals surface area contributed by atoms with E-state index >= 15 is 0 Å². The molecule has 0 unspecified atom stereocenters. The molecule has 4 rings (SSSR count). The average molecular weight is 420 g/mol. The molecule has 0 amide bonds. The van der Waals surface area contributed by atoms with Crippen LogP contribution in [0.4, 0.5) is 0 Å². The van der Waals surface area contributed by atoms with Gasteiger partial charge in [0.1, 0.15) is 34.8 Å². The van der Waals surface area contributed by atoms with Gasteiger partial charge in [-0.1, -0.05) is 72.4 Å². The third kappa shape index (κ3) is 4.10. The quantitative estimate of drug-likeness (QED) is 0.596. The average Bonchev–Trinajstić information content (AvgIpc) is 2.80. The van der Waals surface area contributed by atoms with Crippen LogP contribution in [0.25, 0.3) is 22.4 Å². The van der Waals surface area contributed by atoms with Gasteiger partial charge in [0.05, 0.1) is 17.9 Å². The van der Waals surface area contributed by atoms with Crippen LogP contribution in [0, 0.1) is 11.3 Å². The van der Waals surface area contributed by atoms with Crippen LogP contribution >= 0.6 is 11.8 Å². The number of benzene rings is 2. The van der Waals surface area contributed by atoms with Crippen molar-refractivity contribution >= 4 is 11.8 Å². The Morgan fingerprint density at radius 3 is 2.20 bits per heavy atom. The summed E-state index contributed by atoms with van der Waals surface area (Å²) in [5.74, 6) is 0. The van der Waals surface area contributed by atoms with Crippen molar-refractivity contribution in [3.05, 3.63) is 72.3 Å². The summed E-state index contributed by atoms with van der Waals surface area (Å²) >= 11 is 1.07. The molecule has 1 aliphatic heterocycles. The van der Waals surface area contributed by atoms with Crippen LogP contribution in [0.15, 0.2) is 71.8 Å². The molecule has 1 aromatic heterocycles. The van der Waals surface area contributed by atoms with E-state index in [0.29, 0.717) is 16.3 Å². The van der Waals surface area contributed by atoms with Crippen LogP contribution in [0.1, 0.15) is 5.56 Å². The Morgan fingerprint density at radius 2 is 1.57 bits per heavy atom. The fourth-order valence-electron chi connectivity index (χ4n) is 3.31. The molecule has 1 aliphatic rings. The van der Waals surface area contributed by atoms with Crippen molar-refractivity contribution in [2.24, 2.45) is 0 Å². The molecule has 0 radical (unpaired) electrons. The van der Waals surface area contributed by atoms with Crippen molar-refractivity contribution in [2.75, 3.05) is 6.61 Å². The minimum atomic E-state index is -1.33. The van der Waals surface area contributed by atoms with Gasteiger partial charge in [0.25, 0.3) is 0 Å². The summed E-state index contributed by atoms with van der Waals surface area (Å²) < 4.78 is 5.52. The molecule has 2 heterocycles. The first kappa shape index (κ1) is 20.5. The summed E-state index contributed by atoms with van der Waals surface area (Å²) in [4.78, 5) is 4.68. The summed E-state index contributed by atoms with van der Waals surface area (Å²) in [7, 11) is 0. The number of aliphatic hydroxyl groups excluding tert-OH is 3. The molecule has 6 nitrogen and oxygen atoms in total. The Balaban J connectivity index is 1.82. The molecule has 4 atom stereocenters. The first-order valence-electron chi connectivity index (χ1n) is 9.47. The molecule has 152 valence electrons. The van der Waals surface area contributed by atoms with Crippen LogP contribution in [-0.4, -0.2) is 50.7 Å². The molecule has 0 aliphatic carbocycles. The zero-order chi connectivity index (χ0) is 21.1. The van der Waals surface area contributed by atoms with E-state index in [4.69, 9.17) is 4.74 Å². The SMILES string of the molecule is N#Cc1c(-c2ccccc2)cc(-c2ccccc2)nc1S[C@@H]1OC[C@H](O)[C@H](O)[C@H]1O. The molecule has 1 fully saturated rings. The van der Waals surface area contributed by atoms with Crippen LogP contribution < -0.4 is 0 Å². The molecule has 3 aromatic rings. The van der Waals surface area contributed by atoms with Gasteiger partial charge in [0.15, 0.2) is 0 Å². The van der Waals surface area contributed by atoms with E-state index in [1.54, 1.807) is 0 Å². The summed E-state index contributed by atoms with van der Waals surface area (Å²) in [6.45, 7) is -0.109. The number of aliphatic hydroxyl groups is 3. The zero-order valence-electron chi connectivity index (χ0n) is 15.9. The van der Waals surface area contributed by atoms with Gasteiger partial charge in [0.2, 0.25) is 0 Å². The highest BCUT2D eigenvalue weighted by molar-refractivity contribution is 7.99. The molecule has 0 bridgehead atoms. The predicted octanol–water partition coefficient (Wildman–Crippen LogP) is 2.82. The van der Waals surface area contributed by atoms with Crippen molar-refractivity contribution < 1.29 is 20.1 Å². The number of hydrogen-bond donors (Lipinski definition) is 3. The normalized spacial score (nSPS) is 23.7. The first-order chi connectivity index (χ1) is 14.6. The third-order valence-corrected chi connectivity index (χ3v) is 6.10. The van der Waals surface area contributed by atoms with Crippen molar-refractivity contribution in [3.63, 3.8) is 0 Å². The maximum atomic E-state index is 10.3. The number of aromatic nitrogens is 1. The van der Waals surface area contributed by atoms with Crippen molar-refractivity contribution in [3.8, 4) is 28.5 Å². The van der Waals surface area contributed by atoms with Gasteiger partial charge in [-0.05, 0) is 11.6 Å². The van der Waals surface area contributed by atoms with E-state index in [2.05, 4.69) is 11.1 Å². The van der Waals surface area contributed by atoms with Crippen molar-refractivity contribution in [1.29, 1.82) is 5.26 Å². The van der Waals surface area contributed by atoms with Gasteiger partial charge in [-0.15, -0.1) is 0 Å². The Kier molecular flexibility index (Phi) is 6.13. The minimum absolute atomic E-state index is 0.109. The van der Waals surface area contributed by atoms with Crippen molar-refractivity contribution in [1.82, 2.24) is 4.98 Å². The zero-order valence-corrected chi connectivity index (χ0v) is 16.7. The summed E-state index contributed by atoms with van der Waals surface area (Å²) in [6.07, 6.45) is -3.80. The number of thioether (sulfide) groups is 1. The second kappa shape index (κ2) is 8.96. The Labute approximate surface area is 178 Å². The van der Waals surface area contributed by atoms with Gasteiger partial charge in [-0.2, -0.15) is 5.26 Å². The standard InChI is InChI=1S/C23H20N2O4S/c24-12-17-16(14-7-3-1-4-8-14)11-18(15-9-5-2-6-10-15)25-22(17)30-23-21(28)20(27)19(26)13-29-23/h1-11,19-21,23,26-28H,13H2/t19-,20-,21+,23-/m0/s1. The first-order valence-corrected chi connectivity index (χ1v) is 10.3. The summed E-state index contributed by atoms with van der Waals surface area (Å²) in [6, 6.07) is 23.3. The highest BCUT2D eigenvalue weighted by Crippen LogP contribution is 2.38. The fourth-order valence-corrected chi connectivity index (χ4v) is 4.40. The Bertz CT molecular complexity index is 1060. The maximum absolute atomic E-state index is 10.3. The lowest BCUT2D eigenvalue weighted by Crippen LogP contribution is -2.51. The van der Waals surface area contributed by atoms with Crippen LogP contribution in [0.2, 0.25) is 0 Å². The van der Waals surface area contributed by atoms with Gasteiger partial charge >= 0.3 is 0 Å². The van der Waals surface area contributed by atoms with E-state index in [0.717, 1.165) is 28.5 Å². The van der Waals surface area contributed by atoms with E-state index in [-0.39, 0.29) is 6.61 Å².